The number of ether oxygens (including phenoxy) is 2. The lowest BCUT2D eigenvalue weighted by Gasteiger charge is -2.19. The molecular weight excluding hydrogens is 493 g/mol. The van der Waals surface area contributed by atoms with E-state index in [9.17, 15) is 14.7 Å². The minimum Gasteiger partial charge on any atom is -0.507 e. The molecule has 0 unspecified atom stereocenters. The number of benzene rings is 3. The second-order valence-corrected chi connectivity index (χ2v) is 8.86. The Labute approximate surface area is 209 Å². The fourth-order valence-corrected chi connectivity index (χ4v) is 4.40. The number of halogens is 2. The van der Waals surface area contributed by atoms with Crippen LogP contribution in [0.4, 0.5) is 0 Å². The van der Waals surface area contributed by atoms with Gasteiger partial charge in [0, 0.05) is 18.9 Å². The monoisotopic (exact) mass is 511 g/mol. The third kappa shape index (κ3) is 4.65. The average Bonchev–Trinajstić information content (AvgIpc) is 3.32. The highest BCUT2D eigenvalue weighted by Gasteiger charge is 2.28. The quantitative estimate of drug-likeness (QED) is 0.337. The number of fused-ring (bicyclic) bond motifs is 2. The summed E-state index contributed by atoms with van der Waals surface area (Å²) in [5, 5.41) is 15.1. The molecule has 0 saturated heterocycles. The molecule has 7 nitrogen and oxygen atoms in total. The molecule has 0 bridgehead atoms. The third-order valence-electron chi connectivity index (χ3n) is 5.83. The van der Waals surface area contributed by atoms with E-state index in [1.54, 1.807) is 60.7 Å². The van der Waals surface area contributed by atoms with Crippen molar-refractivity contribution in [2.75, 3.05) is 6.79 Å². The van der Waals surface area contributed by atoms with E-state index in [2.05, 4.69) is 5.32 Å². The number of carbonyl (C=O) groups excluding carboxylic acids is 1. The van der Waals surface area contributed by atoms with Crippen LogP contribution in [0.2, 0.25) is 10.0 Å². The van der Waals surface area contributed by atoms with Gasteiger partial charge in [0.2, 0.25) is 12.7 Å². The normalized spacial score (nSPS) is 13.1. The molecule has 1 amide bonds. The largest absolute Gasteiger partial charge is 0.507 e. The number of carbonyl (C=O) groups is 1. The van der Waals surface area contributed by atoms with Crippen molar-refractivity contribution in [3.05, 3.63) is 97.8 Å². The number of nitrogens with one attached hydrogen (secondary N) is 1. The summed E-state index contributed by atoms with van der Waals surface area (Å²) in [5.74, 6) is -0.318. The van der Waals surface area contributed by atoms with E-state index >= 15 is 0 Å². The third-order valence-corrected chi connectivity index (χ3v) is 6.57. The van der Waals surface area contributed by atoms with Crippen molar-refractivity contribution < 1.29 is 23.8 Å². The van der Waals surface area contributed by atoms with Crippen LogP contribution in [0.25, 0.3) is 11.0 Å². The molecule has 2 N–H and O–H groups in total. The van der Waals surface area contributed by atoms with Crippen molar-refractivity contribution in [1.29, 1.82) is 0 Å². The lowest BCUT2D eigenvalue weighted by atomic mass is 9.87. The van der Waals surface area contributed by atoms with Crippen LogP contribution >= 0.6 is 23.2 Å². The van der Waals surface area contributed by atoms with Gasteiger partial charge < -0.3 is 24.3 Å². The summed E-state index contributed by atoms with van der Waals surface area (Å²) >= 11 is 12.0. The maximum Gasteiger partial charge on any atom is 0.343 e. The number of amides is 1. The first kappa shape index (κ1) is 23.1. The van der Waals surface area contributed by atoms with Crippen molar-refractivity contribution in [1.82, 2.24) is 5.32 Å². The van der Waals surface area contributed by atoms with Gasteiger partial charge in [0.1, 0.15) is 11.3 Å². The van der Waals surface area contributed by atoms with E-state index in [1.165, 1.54) is 0 Å². The van der Waals surface area contributed by atoms with E-state index in [0.29, 0.717) is 32.5 Å². The number of para-hydroxylation sites is 1. The van der Waals surface area contributed by atoms with Gasteiger partial charge in [-0.15, -0.1) is 0 Å². The summed E-state index contributed by atoms with van der Waals surface area (Å²) in [5.41, 5.74) is 0.887. The molecule has 4 aromatic rings. The smallest absolute Gasteiger partial charge is 0.343 e. The van der Waals surface area contributed by atoms with Gasteiger partial charge in [0.25, 0.3) is 0 Å². The maximum atomic E-state index is 13.0. The Hall–Kier alpha value is -3.68. The molecule has 0 spiro atoms. The Morgan fingerprint density at radius 2 is 1.80 bits per heavy atom. The highest BCUT2D eigenvalue weighted by atomic mass is 35.5. The zero-order valence-electron chi connectivity index (χ0n) is 18.2. The number of aromatic hydroxyl groups is 1. The van der Waals surface area contributed by atoms with E-state index < -0.39 is 11.5 Å². The first-order chi connectivity index (χ1) is 16.9. The molecule has 1 atom stereocenters. The van der Waals surface area contributed by atoms with Crippen molar-refractivity contribution in [3.63, 3.8) is 0 Å². The van der Waals surface area contributed by atoms with E-state index in [-0.39, 0.29) is 42.6 Å². The number of hydrogen-bond donors (Lipinski definition) is 2. The van der Waals surface area contributed by atoms with Crippen LogP contribution in [0.3, 0.4) is 0 Å². The number of rotatable bonds is 6. The average molecular weight is 512 g/mol. The Kier molecular flexibility index (Phi) is 6.28. The summed E-state index contributed by atoms with van der Waals surface area (Å²) in [7, 11) is 0. The zero-order chi connectivity index (χ0) is 24.5. The molecule has 0 radical (unpaired) electrons. The first-order valence-corrected chi connectivity index (χ1v) is 11.5. The number of hydrogen-bond acceptors (Lipinski definition) is 6. The minimum atomic E-state index is -0.806. The van der Waals surface area contributed by atoms with Crippen molar-refractivity contribution in [2.45, 2.75) is 18.9 Å². The molecule has 178 valence electrons. The molecule has 9 heteroatoms. The van der Waals surface area contributed by atoms with E-state index in [4.69, 9.17) is 37.1 Å². The van der Waals surface area contributed by atoms with Gasteiger partial charge in [-0.05, 0) is 47.5 Å². The first-order valence-electron chi connectivity index (χ1n) is 10.8. The predicted octanol–water partition coefficient (Wildman–Crippen LogP) is 5.37. The zero-order valence-corrected chi connectivity index (χ0v) is 19.7. The van der Waals surface area contributed by atoms with Crippen LogP contribution in [-0.4, -0.2) is 17.8 Å². The highest BCUT2D eigenvalue weighted by molar-refractivity contribution is 6.42. The second-order valence-electron chi connectivity index (χ2n) is 8.04. The molecule has 1 aliphatic heterocycles. The Morgan fingerprint density at radius 1 is 1.00 bits per heavy atom. The molecule has 1 aromatic heterocycles. The van der Waals surface area contributed by atoms with Crippen LogP contribution in [0.15, 0.2) is 69.9 Å². The van der Waals surface area contributed by atoms with Gasteiger partial charge in [-0.1, -0.05) is 47.5 Å². The Balaban J connectivity index is 1.50. The van der Waals surface area contributed by atoms with Crippen LogP contribution in [0.5, 0.6) is 17.2 Å². The molecule has 3 aromatic carbocycles. The molecule has 0 aliphatic carbocycles. The van der Waals surface area contributed by atoms with Gasteiger partial charge in [-0.3, -0.25) is 4.79 Å². The van der Waals surface area contributed by atoms with Gasteiger partial charge >= 0.3 is 5.63 Å². The summed E-state index contributed by atoms with van der Waals surface area (Å²) in [6, 6.07) is 16.9. The van der Waals surface area contributed by atoms with Gasteiger partial charge in [0.05, 0.1) is 21.0 Å². The van der Waals surface area contributed by atoms with Crippen LogP contribution < -0.4 is 20.4 Å². The van der Waals surface area contributed by atoms with Gasteiger partial charge in [-0.25, -0.2) is 4.79 Å². The van der Waals surface area contributed by atoms with Crippen molar-refractivity contribution >= 4 is 40.1 Å². The van der Waals surface area contributed by atoms with Crippen molar-refractivity contribution in [3.8, 4) is 17.2 Å². The van der Waals surface area contributed by atoms with Crippen LogP contribution in [0.1, 0.15) is 29.0 Å². The lowest BCUT2D eigenvalue weighted by molar-refractivity contribution is -0.121. The Morgan fingerprint density at radius 3 is 2.63 bits per heavy atom. The standard InChI is InChI=1S/C26H19Cl2NO6/c27-18-7-5-14(9-19(18)28)12-29-23(30)11-17(15-6-8-21-22(10-15)34-13-33-21)24-25(31)16-3-1-2-4-20(16)35-26(24)32/h1-10,17,31H,11-13H2,(H,29,30)/t17-/m1/s1. The Bertz CT molecular complexity index is 1500. The fourth-order valence-electron chi connectivity index (χ4n) is 4.08. The topological polar surface area (TPSA) is 98.0 Å². The summed E-state index contributed by atoms with van der Waals surface area (Å²) in [6.45, 7) is 0.291. The molecular formula is C26H19Cl2NO6. The molecule has 0 saturated carbocycles. The maximum absolute atomic E-state index is 13.0. The van der Waals surface area contributed by atoms with Crippen molar-refractivity contribution in [2.24, 2.45) is 0 Å². The summed E-state index contributed by atoms with van der Waals surface area (Å²) in [4.78, 5) is 26.0. The van der Waals surface area contributed by atoms with Gasteiger partial charge in [-0.2, -0.15) is 0 Å². The SMILES string of the molecule is O=C(C[C@H](c1ccc2c(c1)OCO2)c1c(O)c2ccccc2oc1=O)NCc1ccc(Cl)c(Cl)c1. The predicted molar refractivity (Wildman–Crippen MR) is 131 cm³/mol. The molecule has 35 heavy (non-hydrogen) atoms. The van der Waals surface area contributed by atoms with E-state index in [0.717, 1.165) is 5.56 Å². The highest BCUT2D eigenvalue weighted by Crippen LogP contribution is 2.40. The minimum absolute atomic E-state index is 0.00717. The second kappa shape index (κ2) is 9.52. The molecule has 2 heterocycles. The molecule has 5 rings (SSSR count). The summed E-state index contributed by atoms with van der Waals surface area (Å²) in [6.07, 6.45) is -0.127. The fraction of sp³-hybridized carbons (Fsp3) is 0.154. The molecule has 1 aliphatic rings. The lowest BCUT2D eigenvalue weighted by Crippen LogP contribution is -2.26. The van der Waals surface area contributed by atoms with Crippen LogP contribution in [-0.2, 0) is 11.3 Å². The molecule has 0 fully saturated rings. The van der Waals surface area contributed by atoms with E-state index in [1.807, 2.05) is 0 Å². The van der Waals surface area contributed by atoms with Gasteiger partial charge in [0.15, 0.2) is 11.5 Å². The van der Waals surface area contributed by atoms with Crippen LogP contribution in [0, 0.1) is 0 Å². The summed E-state index contributed by atoms with van der Waals surface area (Å²) < 4.78 is 16.3.